The molecule has 0 N–H and O–H groups in total. The SMILES string of the molecule is CC(=O)OC[C@H]1O[C@@H](Oc2ccccc2Cl)[C@@H](OC(C)=O)[C@@H](OC(C)=O)[C@H]1OC(C)=O. The Hall–Kier alpha value is -2.85. The van der Waals surface area contributed by atoms with Gasteiger partial charge in [-0.3, -0.25) is 19.2 Å². The van der Waals surface area contributed by atoms with Gasteiger partial charge in [-0.25, -0.2) is 0 Å². The molecule has 1 aliphatic rings. The van der Waals surface area contributed by atoms with Gasteiger partial charge in [0.15, 0.2) is 12.2 Å². The Balaban J connectivity index is 2.46. The summed E-state index contributed by atoms with van der Waals surface area (Å²) in [4.78, 5) is 46.5. The van der Waals surface area contributed by atoms with Crippen molar-refractivity contribution in [2.45, 2.75) is 58.4 Å². The van der Waals surface area contributed by atoms with Crippen molar-refractivity contribution in [1.29, 1.82) is 0 Å². The Labute approximate surface area is 183 Å². The molecule has 0 unspecified atom stereocenters. The lowest BCUT2D eigenvalue weighted by atomic mass is 9.98. The Morgan fingerprint density at radius 3 is 1.94 bits per heavy atom. The average Bonchev–Trinajstić information content (AvgIpc) is 2.65. The fourth-order valence-electron chi connectivity index (χ4n) is 2.95. The predicted molar refractivity (Wildman–Crippen MR) is 104 cm³/mol. The van der Waals surface area contributed by atoms with Crippen LogP contribution < -0.4 is 4.74 Å². The molecular weight excluding hydrogens is 436 g/mol. The summed E-state index contributed by atoms with van der Waals surface area (Å²) in [5.74, 6) is -2.59. The molecule has 1 aromatic carbocycles. The van der Waals surface area contributed by atoms with E-state index >= 15 is 0 Å². The first kappa shape index (κ1) is 24.4. The number of benzene rings is 1. The van der Waals surface area contributed by atoms with Crippen LogP contribution in [0, 0.1) is 0 Å². The fourth-order valence-corrected chi connectivity index (χ4v) is 3.13. The van der Waals surface area contributed by atoms with Crippen molar-refractivity contribution in [3.8, 4) is 5.75 Å². The van der Waals surface area contributed by atoms with Gasteiger partial charge in [0.1, 0.15) is 18.5 Å². The molecule has 2 rings (SSSR count). The summed E-state index contributed by atoms with van der Waals surface area (Å²) in [5, 5.41) is 0.246. The van der Waals surface area contributed by atoms with Crippen LogP contribution in [0.4, 0.5) is 0 Å². The van der Waals surface area contributed by atoms with Crippen LogP contribution in [0.3, 0.4) is 0 Å². The van der Waals surface area contributed by atoms with Crippen molar-refractivity contribution in [2.75, 3.05) is 6.61 Å². The van der Waals surface area contributed by atoms with Gasteiger partial charge in [-0.05, 0) is 12.1 Å². The summed E-state index contributed by atoms with van der Waals surface area (Å²) in [6.45, 7) is 4.26. The summed E-state index contributed by atoms with van der Waals surface area (Å²) >= 11 is 6.14. The smallest absolute Gasteiger partial charge is 0.303 e. The highest BCUT2D eigenvalue weighted by Gasteiger charge is 2.53. The molecule has 31 heavy (non-hydrogen) atoms. The Kier molecular flexibility index (Phi) is 8.64. The van der Waals surface area contributed by atoms with Crippen LogP contribution in [0.25, 0.3) is 0 Å². The Bertz CT molecular complexity index is 826. The van der Waals surface area contributed by atoms with Gasteiger partial charge in [-0.2, -0.15) is 0 Å². The van der Waals surface area contributed by atoms with E-state index in [4.69, 9.17) is 40.0 Å². The molecule has 0 saturated carbocycles. The molecule has 0 amide bonds. The van der Waals surface area contributed by atoms with Crippen LogP contribution in [-0.2, 0) is 42.9 Å². The van der Waals surface area contributed by atoms with E-state index in [0.717, 1.165) is 20.8 Å². The molecule has 1 aromatic rings. The summed E-state index contributed by atoms with van der Waals surface area (Å²) in [7, 11) is 0. The van der Waals surface area contributed by atoms with Crippen molar-refractivity contribution in [3.63, 3.8) is 0 Å². The molecule has 0 spiro atoms. The van der Waals surface area contributed by atoms with Gasteiger partial charge in [0, 0.05) is 27.7 Å². The van der Waals surface area contributed by atoms with Gasteiger partial charge in [-0.15, -0.1) is 0 Å². The molecular formula is C20H23ClO10. The van der Waals surface area contributed by atoms with Crippen molar-refractivity contribution in [1.82, 2.24) is 0 Å². The van der Waals surface area contributed by atoms with E-state index in [0.29, 0.717) is 0 Å². The number of carbonyl (C=O) groups is 4. The summed E-state index contributed by atoms with van der Waals surface area (Å²) in [6.07, 6.45) is -6.32. The maximum absolute atomic E-state index is 11.8. The second-order valence-corrected chi connectivity index (χ2v) is 7.02. The molecule has 0 bridgehead atoms. The second-order valence-electron chi connectivity index (χ2n) is 6.62. The number of hydrogen-bond donors (Lipinski definition) is 0. The minimum Gasteiger partial charge on any atom is -0.463 e. The van der Waals surface area contributed by atoms with Gasteiger partial charge in [-0.1, -0.05) is 23.7 Å². The van der Waals surface area contributed by atoms with Crippen molar-refractivity contribution in [3.05, 3.63) is 29.3 Å². The first-order valence-electron chi connectivity index (χ1n) is 9.30. The standard InChI is InChI=1S/C20H23ClO10/c1-10(22)26-9-16-17(27-11(2)23)18(28-12(3)24)19(29-13(4)25)20(31-16)30-15-8-6-5-7-14(15)21/h5-8,16-20H,9H2,1-4H3/t16-,17+,18+,19+,20-/m1/s1. The van der Waals surface area contributed by atoms with Gasteiger partial charge in [0.25, 0.3) is 0 Å². The highest BCUT2D eigenvalue weighted by molar-refractivity contribution is 6.32. The number of hydrogen-bond acceptors (Lipinski definition) is 10. The zero-order valence-corrected chi connectivity index (χ0v) is 18.1. The third kappa shape index (κ3) is 7.11. The van der Waals surface area contributed by atoms with Crippen molar-refractivity contribution in [2.24, 2.45) is 0 Å². The van der Waals surface area contributed by atoms with E-state index in [-0.39, 0.29) is 17.4 Å². The van der Waals surface area contributed by atoms with Crippen LogP contribution in [-0.4, -0.2) is 61.2 Å². The van der Waals surface area contributed by atoms with Gasteiger partial charge in [0.05, 0.1) is 5.02 Å². The lowest BCUT2D eigenvalue weighted by molar-refractivity contribution is -0.288. The lowest BCUT2D eigenvalue weighted by Crippen LogP contribution is -2.63. The molecule has 1 aliphatic heterocycles. The maximum Gasteiger partial charge on any atom is 0.303 e. The third-order valence-corrected chi connectivity index (χ3v) is 4.34. The predicted octanol–water partition coefficient (Wildman–Crippen LogP) is 1.80. The zero-order chi connectivity index (χ0) is 23.1. The molecule has 0 aliphatic carbocycles. The van der Waals surface area contributed by atoms with Crippen LogP contribution in [0.1, 0.15) is 27.7 Å². The maximum atomic E-state index is 11.8. The summed E-state index contributed by atoms with van der Waals surface area (Å²) in [5.41, 5.74) is 0. The summed E-state index contributed by atoms with van der Waals surface area (Å²) in [6, 6.07) is 6.47. The topological polar surface area (TPSA) is 124 Å². The number of halogens is 1. The molecule has 170 valence electrons. The Morgan fingerprint density at radius 1 is 0.839 bits per heavy atom. The molecule has 1 heterocycles. The monoisotopic (exact) mass is 458 g/mol. The van der Waals surface area contributed by atoms with Crippen LogP contribution >= 0.6 is 11.6 Å². The first-order valence-corrected chi connectivity index (χ1v) is 9.68. The van der Waals surface area contributed by atoms with Crippen LogP contribution in [0.2, 0.25) is 5.02 Å². The molecule has 1 saturated heterocycles. The molecule has 1 fully saturated rings. The van der Waals surface area contributed by atoms with Crippen LogP contribution in [0.15, 0.2) is 24.3 Å². The first-order chi connectivity index (χ1) is 14.6. The van der Waals surface area contributed by atoms with Gasteiger partial charge < -0.3 is 28.4 Å². The number of ether oxygens (including phenoxy) is 6. The zero-order valence-electron chi connectivity index (χ0n) is 17.4. The van der Waals surface area contributed by atoms with Crippen molar-refractivity contribution < 1.29 is 47.6 Å². The molecule has 0 aromatic heterocycles. The van der Waals surface area contributed by atoms with Gasteiger partial charge >= 0.3 is 23.9 Å². The fraction of sp³-hybridized carbons (Fsp3) is 0.500. The highest BCUT2D eigenvalue weighted by atomic mass is 35.5. The van der Waals surface area contributed by atoms with Gasteiger partial charge in [0.2, 0.25) is 12.4 Å². The van der Waals surface area contributed by atoms with Crippen molar-refractivity contribution >= 4 is 35.5 Å². The minimum absolute atomic E-state index is 0.199. The lowest BCUT2D eigenvalue weighted by Gasteiger charge is -2.43. The molecule has 0 radical (unpaired) electrons. The van der Waals surface area contributed by atoms with E-state index in [2.05, 4.69) is 0 Å². The molecule has 11 heteroatoms. The second kappa shape index (κ2) is 11.0. The molecule has 10 nitrogen and oxygen atoms in total. The molecule has 5 atom stereocenters. The number of carbonyl (C=O) groups excluding carboxylic acids is 4. The minimum atomic E-state index is -1.33. The Morgan fingerprint density at radius 2 is 1.39 bits per heavy atom. The highest BCUT2D eigenvalue weighted by Crippen LogP contribution is 2.33. The average molecular weight is 459 g/mol. The normalized spacial score (nSPS) is 25.1. The van der Waals surface area contributed by atoms with E-state index in [1.54, 1.807) is 24.3 Å². The van der Waals surface area contributed by atoms with Crippen LogP contribution in [0.5, 0.6) is 5.75 Å². The van der Waals surface area contributed by atoms with E-state index in [1.165, 1.54) is 6.92 Å². The number of esters is 4. The van der Waals surface area contributed by atoms with E-state index < -0.39 is 54.6 Å². The summed E-state index contributed by atoms with van der Waals surface area (Å²) < 4.78 is 32.5. The number of para-hydroxylation sites is 1. The third-order valence-electron chi connectivity index (χ3n) is 4.03. The largest absolute Gasteiger partial charge is 0.463 e. The quantitative estimate of drug-likeness (QED) is 0.441. The van der Waals surface area contributed by atoms with E-state index in [9.17, 15) is 19.2 Å². The number of rotatable bonds is 7. The van der Waals surface area contributed by atoms with E-state index in [1.807, 2.05) is 0 Å².